The number of quaternary nitrogens is 1. The van der Waals surface area contributed by atoms with Crippen LogP contribution in [-0.2, 0) is 9.53 Å². The van der Waals surface area contributed by atoms with Crippen molar-refractivity contribution in [3.05, 3.63) is 65.7 Å². The van der Waals surface area contributed by atoms with Gasteiger partial charge in [-0.3, -0.25) is 4.79 Å². The second-order valence-corrected chi connectivity index (χ2v) is 6.24. The molecule has 0 heterocycles. The molecule has 1 atom stereocenters. The van der Waals surface area contributed by atoms with E-state index in [9.17, 15) is 9.59 Å². The van der Waals surface area contributed by atoms with Crippen molar-refractivity contribution in [2.75, 3.05) is 19.0 Å². The number of methoxy groups -OCH3 is 1. The van der Waals surface area contributed by atoms with Gasteiger partial charge < -0.3 is 15.4 Å². The normalized spacial score (nSPS) is 11.8. The minimum atomic E-state index is -0.395. The molecular formula is C20H25N2O3+. The Hall–Kier alpha value is -2.66. The van der Waals surface area contributed by atoms with E-state index in [4.69, 9.17) is 0 Å². The van der Waals surface area contributed by atoms with E-state index in [0.717, 1.165) is 0 Å². The SMILES string of the molecule is COC(=O)c1ccc(NC(=O)C[NH2+][C@@H](c2ccccc2)C(C)C)cc1. The summed E-state index contributed by atoms with van der Waals surface area (Å²) in [5.41, 5.74) is 2.33. The third kappa shape index (κ3) is 5.43. The van der Waals surface area contributed by atoms with Crippen LogP contribution in [0.15, 0.2) is 54.6 Å². The van der Waals surface area contributed by atoms with Gasteiger partial charge in [-0.25, -0.2) is 4.79 Å². The third-order valence-corrected chi connectivity index (χ3v) is 4.05. The molecule has 5 nitrogen and oxygen atoms in total. The van der Waals surface area contributed by atoms with Gasteiger partial charge in [0.1, 0.15) is 6.04 Å². The van der Waals surface area contributed by atoms with Crippen LogP contribution in [0.5, 0.6) is 0 Å². The molecule has 0 aliphatic rings. The first-order chi connectivity index (χ1) is 12.0. The lowest BCUT2D eigenvalue weighted by molar-refractivity contribution is -0.692. The third-order valence-electron chi connectivity index (χ3n) is 4.05. The van der Waals surface area contributed by atoms with Gasteiger partial charge >= 0.3 is 5.97 Å². The monoisotopic (exact) mass is 341 g/mol. The summed E-state index contributed by atoms with van der Waals surface area (Å²) in [6.07, 6.45) is 0. The fourth-order valence-corrected chi connectivity index (χ4v) is 2.72. The van der Waals surface area contributed by atoms with E-state index in [1.807, 2.05) is 18.2 Å². The average molecular weight is 341 g/mol. The van der Waals surface area contributed by atoms with Crippen molar-refractivity contribution in [1.29, 1.82) is 0 Å². The van der Waals surface area contributed by atoms with Crippen molar-refractivity contribution in [1.82, 2.24) is 0 Å². The van der Waals surface area contributed by atoms with Crippen LogP contribution >= 0.6 is 0 Å². The Labute approximate surface area is 148 Å². The lowest BCUT2D eigenvalue weighted by Gasteiger charge is -2.19. The molecule has 25 heavy (non-hydrogen) atoms. The summed E-state index contributed by atoms with van der Waals surface area (Å²) in [4.78, 5) is 23.6. The average Bonchev–Trinajstić information content (AvgIpc) is 2.62. The summed E-state index contributed by atoms with van der Waals surface area (Å²) in [7, 11) is 1.34. The van der Waals surface area contributed by atoms with Crippen molar-refractivity contribution in [3.8, 4) is 0 Å². The minimum absolute atomic E-state index is 0.0765. The highest BCUT2D eigenvalue weighted by molar-refractivity contribution is 5.93. The number of rotatable bonds is 7. The van der Waals surface area contributed by atoms with Crippen LogP contribution in [0.2, 0.25) is 0 Å². The van der Waals surface area contributed by atoms with Gasteiger partial charge in [-0.15, -0.1) is 0 Å². The number of anilines is 1. The summed E-state index contributed by atoms with van der Waals surface area (Å²) in [6.45, 7) is 4.63. The standard InChI is InChI=1S/C20H24N2O3/c1-14(2)19(15-7-5-4-6-8-15)21-13-18(23)22-17-11-9-16(10-12-17)20(24)25-3/h4-12,14,19,21H,13H2,1-3H3,(H,22,23)/p+1/t19-/m1/s1. The molecule has 0 aliphatic carbocycles. The summed E-state index contributed by atoms with van der Waals surface area (Å²) in [5.74, 6) is -0.0595. The van der Waals surface area contributed by atoms with Gasteiger partial charge in [-0.05, 0) is 24.3 Å². The van der Waals surface area contributed by atoms with Gasteiger partial charge in [0, 0.05) is 17.2 Å². The molecule has 0 aromatic heterocycles. The number of ether oxygens (including phenoxy) is 1. The molecule has 1 amide bonds. The number of benzene rings is 2. The van der Waals surface area contributed by atoms with Gasteiger partial charge in [-0.1, -0.05) is 44.2 Å². The second-order valence-electron chi connectivity index (χ2n) is 6.24. The Kier molecular flexibility index (Phi) is 6.71. The highest BCUT2D eigenvalue weighted by Crippen LogP contribution is 2.16. The zero-order valence-corrected chi connectivity index (χ0v) is 14.9. The second kappa shape index (κ2) is 8.99. The molecule has 0 bridgehead atoms. The number of carbonyl (C=O) groups excluding carboxylic acids is 2. The fourth-order valence-electron chi connectivity index (χ4n) is 2.72. The fraction of sp³-hybridized carbons (Fsp3) is 0.300. The van der Waals surface area contributed by atoms with Crippen LogP contribution in [-0.4, -0.2) is 25.5 Å². The first-order valence-corrected chi connectivity index (χ1v) is 8.37. The minimum Gasteiger partial charge on any atom is -0.465 e. The number of amides is 1. The highest BCUT2D eigenvalue weighted by Gasteiger charge is 2.20. The van der Waals surface area contributed by atoms with Crippen LogP contribution in [0.25, 0.3) is 0 Å². The van der Waals surface area contributed by atoms with Crippen molar-refractivity contribution in [2.45, 2.75) is 19.9 Å². The maximum Gasteiger partial charge on any atom is 0.337 e. The quantitative estimate of drug-likeness (QED) is 0.760. The summed E-state index contributed by atoms with van der Waals surface area (Å²) < 4.78 is 4.66. The van der Waals surface area contributed by atoms with Gasteiger partial charge in [0.05, 0.1) is 12.7 Å². The maximum atomic E-state index is 12.2. The van der Waals surface area contributed by atoms with Crippen LogP contribution in [0.1, 0.15) is 35.8 Å². The highest BCUT2D eigenvalue weighted by atomic mass is 16.5. The van der Waals surface area contributed by atoms with E-state index in [1.54, 1.807) is 24.3 Å². The lowest BCUT2D eigenvalue weighted by atomic mass is 9.96. The van der Waals surface area contributed by atoms with Crippen molar-refractivity contribution >= 4 is 17.6 Å². The molecule has 0 unspecified atom stereocenters. The van der Waals surface area contributed by atoms with Gasteiger partial charge in [-0.2, -0.15) is 0 Å². The molecule has 2 aromatic rings. The summed E-state index contributed by atoms with van der Waals surface area (Å²) in [5, 5.41) is 4.90. The van der Waals surface area contributed by atoms with Crippen LogP contribution in [0.3, 0.4) is 0 Å². The van der Waals surface area contributed by atoms with Crippen molar-refractivity contribution in [2.24, 2.45) is 5.92 Å². The molecule has 0 spiro atoms. The number of hydrogen-bond donors (Lipinski definition) is 2. The van der Waals surface area contributed by atoms with E-state index >= 15 is 0 Å². The molecule has 2 aromatic carbocycles. The number of nitrogens with one attached hydrogen (secondary N) is 1. The topological polar surface area (TPSA) is 72.0 Å². The Balaban J connectivity index is 1.92. The van der Waals surface area contributed by atoms with Crippen molar-refractivity contribution in [3.63, 3.8) is 0 Å². The lowest BCUT2D eigenvalue weighted by Crippen LogP contribution is -2.88. The van der Waals surface area contributed by atoms with Crippen LogP contribution in [0, 0.1) is 5.92 Å². The van der Waals surface area contributed by atoms with Gasteiger partial charge in [0.25, 0.3) is 5.91 Å². The summed E-state index contributed by atoms with van der Waals surface area (Å²) in [6, 6.07) is 17.1. The van der Waals surface area contributed by atoms with E-state index in [2.05, 4.69) is 41.4 Å². The zero-order valence-electron chi connectivity index (χ0n) is 14.9. The molecule has 0 fully saturated rings. The first-order valence-electron chi connectivity index (χ1n) is 8.37. The van der Waals surface area contributed by atoms with Crippen molar-refractivity contribution < 1.29 is 19.6 Å². The Bertz CT molecular complexity index is 697. The van der Waals surface area contributed by atoms with E-state index in [1.165, 1.54) is 12.7 Å². The Morgan fingerprint density at radius 2 is 1.68 bits per heavy atom. The predicted octanol–water partition coefficient (Wildman–Crippen LogP) is 2.37. The molecule has 0 aliphatic heterocycles. The maximum absolute atomic E-state index is 12.2. The molecule has 5 heteroatoms. The van der Waals surface area contributed by atoms with Gasteiger partial charge in [0.15, 0.2) is 6.54 Å². The molecule has 2 rings (SSSR count). The first kappa shape index (κ1) is 18.7. The number of esters is 1. The molecule has 0 saturated heterocycles. The number of nitrogens with two attached hydrogens (primary N) is 1. The summed E-state index contributed by atoms with van der Waals surface area (Å²) >= 11 is 0. The van der Waals surface area contributed by atoms with E-state index < -0.39 is 5.97 Å². The number of carbonyl (C=O) groups is 2. The Morgan fingerprint density at radius 1 is 1.04 bits per heavy atom. The zero-order chi connectivity index (χ0) is 18.2. The largest absolute Gasteiger partial charge is 0.465 e. The molecule has 0 saturated carbocycles. The molecule has 0 radical (unpaired) electrons. The smallest absolute Gasteiger partial charge is 0.337 e. The predicted molar refractivity (Wildman–Crippen MR) is 97.2 cm³/mol. The van der Waals surface area contributed by atoms with E-state index in [-0.39, 0.29) is 11.9 Å². The molecule has 3 N–H and O–H groups in total. The van der Waals surface area contributed by atoms with Crippen LogP contribution in [0.4, 0.5) is 5.69 Å². The van der Waals surface area contributed by atoms with Gasteiger partial charge in [0.2, 0.25) is 0 Å². The van der Waals surface area contributed by atoms with E-state index in [0.29, 0.717) is 23.7 Å². The van der Waals surface area contributed by atoms with Crippen LogP contribution < -0.4 is 10.6 Å². The number of hydrogen-bond acceptors (Lipinski definition) is 3. The molecular weight excluding hydrogens is 316 g/mol. The molecule has 132 valence electrons. The Morgan fingerprint density at radius 3 is 2.24 bits per heavy atom.